The molecule has 1 aliphatic rings. The standard InChI is InChI=1S/C19H22N2O/c22-19(17-12-6-2-7-13-17)20-18(16-10-4-1-5-11-16)21-14-8-3-9-15-21/h1-2,4-7,10-13,18H,3,8-9,14-15H2,(H,20,22). The van der Waals surface area contributed by atoms with Crippen LogP contribution in [0.4, 0.5) is 0 Å². The van der Waals surface area contributed by atoms with E-state index in [1.165, 1.54) is 19.3 Å². The third kappa shape index (κ3) is 3.55. The van der Waals surface area contributed by atoms with Gasteiger partial charge in [0.25, 0.3) is 5.91 Å². The van der Waals surface area contributed by atoms with Crippen molar-refractivity contribution in [2.24, 2.45) is 0 Å². The Morgan fingerprint density at radius 3 is 2.09 bits per heavy atom. The maximum atomic E-state index is 12.5. The summed E-state index contributed by atoms with van der Waals surface area (Å²) in [5, 5.41) is 3.21. The van der Waals surface area contributed by atoms with Gasteiger partial charge in [0.05, 0.1) is 0 Å². The number of likely N-dealkylation sites (tertiary alicyclic amines) is 1. The molecule has 0 aromatic heterocycles. The van der Waals surface area contributed by atoms with E-state index in [0.29, 0.717) is 5.56 Å². The summed E-state index contributed by atoms with van der Waals surface area (Å²) in [6.07, 6.45) is 3.63. The van der Waals surface area contributed by atoms with Crippen LogP contribution in [0.2, 0.25) is 0 Å². The topological polar surface area (TPSA) is 32.3 Å². The van der Waals surface area contributed by atoms with Crippen LogP contribution in [0.1, 0.15) is 41.3 Å². The zero-order valence-electron chi connectivity index (χ0n) is 12.7. The van der Waals surface area contributed by atoms with Crippen LogP contribution in [0.25, 0.3) is 0 Å². The van der Waals surface area contributed by atoms with Gasteiger partial charge in [-0.1, -0.05) is 55.0 Å². The van der Waals surface area contributed by atoms with Crippen LogP contribution in [0.3, 0.4) is 0 Å². The van der Waals surface area contributed by atoms with Gasteiger partial charge in [-0.3, -0.25) is 9.69 Å². The van der Waals surface area contributed by atoms with Crippen molar-refractivity contribution in [3.05, 3.63) is 71.8 Å². The highest BCUT2D eigenvalue weighted by atomic mass is 16.1. The van der Waals surface area contributed by atoms with Gasteiger partial charge < -0.3 is 5.32 Å². The molecule has 1 saturated heterocycles. The highest BCUT2D eigenvalue weighted by Crippen LogP contribution is 2.22. The lowest BCUT2D eigenvalue weighted by Crippen LogP contribution is -2.43. The lowest BCUT2D eigenvalue weighted by Gasteiger charge is -2.35. The molecule has 0 aliphatic carbocycles. The Labute approximate surface area is 132 Å². The van der Waals surface area contributed by atoms with Crippen LogP contribution in [0.5, 0.6) is 0 Å². The second-order valence-corrected chi connectivity index (χ2v) is 5.75. The smallest absolute Gasteiger partial charge is 0.252 e. The Morgan fingerprint density at radius 1 is 0.864 bits per heavy atom. The van der Waals surface area contributed by atoms with Gasteiger partial charge >= 0.3 is 0 Å². The number of rotatable bonds is 4. The first-order valence-corrected chi connectivity index (χ1v) is 7.99. The predicted octanol–water partition coefficient (Wildman–Crippen LogP) is 3.60. The summed E-state index contributed by atoms with van der Waals surface area (Å²) in [4.78, 5) is 14.9. The lowest BCUT2D eigenvalue weighted by molar-refractivity contribution is 0.0813. The molecule has 3 heteroatoms. The third-order valence-corrected chi connectivity index (χ3v) is 4.17. The van der Waals surface area contributed by atoms with Crippen molar-refractivity contribution in [1.82, 2.24) is 10.2 Å². The fourth-order valence-corrected chi connectivity index (χ4v) is 2.99. The molecule has 3 nitrogen and oxygen atoms in total. The average molecular weight is 294 g/mol. The van der Waals surface area contributed by atoms with Crippen LogP contribution < -0.4 is 5.32 Å². The highest BCUT2D eigenvalue weighted by molar-refractivity contribution is 5.94. The first-order chi connectivity index (χ1) is 10.8. The first kappa shape index (κ1) is 14.8. The minimum Gasteiger partial charge on any atom is -0.332 e. The van der Waals surface area contributed by atoms with E-state index >= 15 is 0 Å². The molecule has 3 rings (SSSR count). The maximum Gasteiger partial charge on any atom is 0.252 e. The van der Waals surface area contributed by atoms with Crippen molar-refractivity contribution >= 4 is 5.91 Å². The highest BCUT2D eigenvalue weighted by Gasteiger charge is 2.24. The number of carbonyl (C=O) groups is 1. The minimum atomic E-state index is -0.0470. The number of carbonyl (C=O) groups excluding carboxylic acids is 1. The molecule has 1 unspecified atom stereocenters. The van der Waals surface area contributed by atoms with Crippen molar-refractivity contribution < 1.29 is 4.79 Å². The molecule has 1 aliphatic heterocycles. The number of hydrogen-bond donors (Lipinski definition) is 1. The summed E-state index contributed by atoms with van der Waals surface area (Å²) in [5.74, 6) is -0.0139. The van der Waals surface area contributed by atoms with Gasteiger partial charge in [-0.15, -0.1) is 0 Å². The van der Waals surface area contributed by atoms with Crippen molar-refractivity contribution in [3.63, 3.8) is 0 Å². The monoisotopic (exact) mass is 294 g/mol. The molecule has 0 bridgehead atoms. The summed E-state index contributed by atoms with van der Waals surface area (Å²) in [6.45, 7) is 2.07. The Kier molecular flexibility index (Phi) is 4.86. The van der Waals surface area contributed by atoms with E-state index in [4.69, 9.17) is 0 Å². The molecule has 0 radical (unpaired) electrons. The second-order valence-electron chi connectivity index (χ2n) is 5.75. The van der Waals surface area contributed by atoms with Crippen molar-refractivity contribution in [2.45, 2.75) is 25.4 Å². The van der Waals surface area contributed by atoms with Crippen LogP contribution in [-0.2, 0) is 0 Å². The van der Waals surface area contributed by atoms with E-state index in [9.17, 15) is 4.79 Å². The van der Waals surface area contributed by atoms with Gasteiger partial charge in [-0.05, 0) is 30.5 Å². The van der Waals surface area contributed by atoms with E-state index in [1.54, 1.807) is 0 Å². The third-order valence-electron chi connectivity index (χ3n) is 4.17. The van der Waals surface area contributed by atoms with E-state index in [0.717, 1.165) is 18.7 Å². The normalized spacial score (nSPS) is 16.9. The van der Waals surface area contributed by atoms with Crippen molar-refractivity contribution in [3.8, 4) is 0 Å². The van der Waals surface area contributed by atoms with E-state index in [2.05, 4.69) is 22.3 Å². The van der Waals surface area contributed by atoms with Crippen LogP contribution in [0, 0.1) is 0 Å². The summed E-state index contributed by atoms with van der Waals surface area (Å²) < 4.78 is 0. The molecule has 1 heterocycles. The molecule has 1 amide bonds. The molecule has 1 fully saturated rings. The summed E-state index contributed by atoms with van der Waals surface area (Å²) >= 11 is 0. The van der Waals surface area contributed by atoms with Gasteiger partial charge in [0, 0.05) is 18.7 Å². The summed E-state index contributed by atoms with van der Waals surface area (Å²) in [6, 6.07) is 19.7. The largest absolute Gasteiger partial charge is 0.332 e. The second kappa shape index (κ2) is 7.23. The van der Waals surface area contributed by atoms with E-state index in [1.807, 2.05) is 48.5 Å². The Bertz CT molecular complexity index is 591. The van der Waals surface area contributed by atoms with Crippen LogP contribution in [0.15, 0.2) is 60.7 Å². The van der Waals surface area contributed by atoms with Crippen LogP contribution in [-0.4, -0.2) is 23.9 Å². The number of nitrogens with one attached hydrogen (secondary N) is 1. The Balaban J connectivity index is 1.81. The zero-order chi connectivity index (χ0) is 15.2. The fourth-order valence-electron chi connectivity index (χ4n) is 2.99. The molecule has 1 N–H and O–H groups in total. The Hall–Kier alpha value is -2.13. The van der Waals surface area contributed by atoms with E-state index < -0.39 is 0 Å². The Morgan fingerprint density at radius 2 is 1.45 bits per heavy atom. The average Bonchev–Trinajstić information content (AvgIpc) is 2.62. The molecule has 22 heavy (non-hydrogen) atoms. The van der Waals surface area contributed by atoms with Gasteiger partial charge in [0.2, 0.25) is 0 Å². The van der Waals surface area contributed by atoms with Gasteiger partial charge in [0.15, 0.2) is 0 Å². The number of nitrogens with zero attached hydrogens (tertiary/aromatic N) is 1. The minimum absolute atomic E-state index is 0.0139. The molecular weight excluding hydrogens is 272 g/mol. The predicted molar refractivity (Wildman–Crippen MR) is 88.5 cm³/mol. The number of benzene rings is 2. The molecule has 0 saturated carbocycles. The number of hydrogen-bond acceptors (Lipinski definition) is 2. The quantitative estimate of drug-likeness (QED) is 0.934. The first-order valence-electron chi connectivity index (χ1n) is 7.99. The fraction of sp³-hybridized carbons (Fsp3) is 0.316. The number of amides is 1. The summed E-state index contributed by atoms with van der Waals surface area (Å²) in [5.41, 5.74) is 1.86. The SMILES string of the molecule is O=C(NC(c1ccccc1)N1CCCCC1)c1ccccc1. The van der Waals surface area contributed by atoms with Crippen LogP contribution >= 0.6 is 0 Å². The molecule has 114 valence electrons. The lowest BCUT2D eigenvalue weighted by atomic mass is 10.1. The molecule has 1 atom stereocenters. The molecule has 2 aromatic rings. The van der Waals surface area contributed by atoms with Gasteiger partial charge in [0.1, 0.15) is 6.17 Å². The zero-order valence-corrected chi connectivity index (χ0v) is 12.7. The van der Waals surface area contributed by atoms with Gasteiger partial charge in [-0.2, -0.15) is 0 Å². The number of piperidine rings is 1. The molecule has 2 aromatic carbocycles. The van der Waals surface area contributed by atoms with Gasteiger partial charge in [-0.25, -0.2) is 0 Å². The summed E-state index contributed by atoms with van der Waals surface area (Å²) in [7, 11) is 0. The van der Waals surface area contributed by atoms with Crippen molar-refractivity contribution in [2.75, 3.05) is 13.1 Å². The molecule has 0 spiro atoms. The van der Waals surface area contributed by atoms with Crippen molar-refractivity contribution in [1.29, 1.82) is 0 Å². The van der Waals surface area contributed by atoms with E-state index in [-0.39, 0.29) is 12.1 Å². The molecular formula is C19H22N2O. The maximum absolute atomic E-state index is 12.5.